The molecule has 0 radical (unpaired) electrons. The number of piperazine rings is 1. The number of amides is 1. The summed E-state index contributed by atoms with van der Waals surface area (Å²) >= 11 is 4.61. The van der Waals surface area contributed by atoms with Crippen molar-refractivity contribution in [2.45, 2.75) is 24.1 Å². The lowest BCUT2D eigenvalue weighted by Crippen LogP contribution is -2.51. The normalized spacial score (nSPS) is 17.6. The number of nitrogens with zero attached hydrogens (tertiary/aromatic N) is 4. The zero-order valence-corrected chi connectivity index (χ0v) is 17.1. The Morgan fingerprint density at radius 2 is 2.00 bits per heavy atom. The fourth-order valence-corrected chi connectivity index (χ4v) is 5.69. The van der Waals surface area contributed by atoms with Gasteiger partial charge in [-0.1, -0.05) is 6.07 Å². The second-order valence-corrected chi connectivity index (χ2v) is 9.83. The molecular formula is C15H19BrN4O3S2. The van der Waals surface area contributed by atoms with Crippen LogP contribution < -0.4 is 0 Å². The van der Waals surface area contributed by atoms with Crippen LogP contribution in [0.5, 0.6) is 0 Å². The van der Waals surface area contributed by atoms with E-state index >= 15 is 0 Å². The number of sulfonamides is 1. The van der Waals surface area contributed by atoms with Gasteiger partial charge in [0.2, 0.25) is 5.91 Å². The first-order valence-electron chi connectivity index (χ1n) is 7.84. The number of carbonyl (C=O) groups excluding carboxylic acids is 1. The Bertz CT molecular complexity index is 855. The Balaban J connectivity index is 1.66. The highest BCUT2D eigenvalue weighted by Gasteiger charge is 2.32. The Hall–Kier alpha value is -1.23. The average Bonchev–Trinajstić information content (AvgIpc) is 3.25. The molecule has 0 saturated carbocycles. The quantitative estimate of drug-likeness (QED) is 0.720. The molecule has 1 amide bonds. The van der Waals surface area contributed by atoms with Gasteiger partial charge in [-0.25, -0.2) is 8.42 Å². The van der Waals surface area contributed by atoms with Crippen molar-refractivity contribution in [2.24, 2.45) is 0 Å². The summed E-state index contributed by atoms with van der Waals surface area (Å²) in [6.07, 6.45) is 1.67. The standard InChI is InChI=1S/C15H19BrN4O3S2/c1-11-13(16)10-17-20(11)12(2)15(21)18-5-7-19(8-6-18)25(22,23)14-4-3-9-24-14/h3-4,9-10,12H,5-8H2,1-2H3. The molecule has 7 nitrogen and oxygen atoms in total. The third kappa shape index (κ3) is 3.53. The molecule has 0 N–H and O–H groups in total. The van der Waals surface area contributed by atoms with Gasteiger partial charge in [0.25, 0.3) is 10.0 Å². The van der Waals surface area contributed by atoms with E-state index in [1.165, 1.54) is 15.6 Å². The Morgan fingerprint density at radius 1 is 1.32 bits per heavy atom. The molecule has 0 spiro atoms. The number of rotatable bonds is 4. The van der Waals surface area contributed by atoms with Gasteiger partial charge in [-0.3, -0.25) is 9.48 Å². The van der Waals surface area contributed by atoms with Crippen molar-refractivity contribution in [1.29, 1.82) is 0 Å². The second-order valence-electron chi connectivity index (χ2n) is 5.86. The highest BCUT2D eigenvalue weighted by Crippen LogP contribution is 2.24. The molecule has 1 saturated heterocycles. The smallest absolute Gasteiger partial charge is 0.252 e. The first-order valence-corrected chi connectivity index (χ1v) is 11.0. The van der Waals surface area contributed by atoms with Gasteiger partial charge in [0.15, 0.2) is 0 Å². The molecule has 0 aliphatic carbocycles. The summed E-state index contributed by atoms with van der Waals surface area (Å²) in [6, 6.07) is 2.91. The lowest BCUT2D eigenvalue weighted by atomic mass is 10.2. The van der Waals surface area contributed by atoms with Crippen LogP contribution in [-0.2, 0) is 14.8 Å². The van der Waals surface area contributed by atoms with E-state index in [-0.39, 0.29) is 5.91 Å². The molecule has 3 heterocycles. The topological polar surface area (TPSA) is 75.5 Å². The van der Waals surface area contributed by atoms with Crippen LogP contribution in [-0.4, -0.2) is 59.5 Å². The van der Waals surface area contributed by atoms with Gasteiger partial charge in [0, 0.05) is 26.2 Å². The molecule has 2 aromatic rings. The van der Waals surface area contributed by atoms with Crippen LogP contribution in [0.4, 0.5) is 0 Å². The second kappa shape index (κ2) is 7.18. The molecule has 1 aliphatic rings. The average molecular weight is 447 g/mol. The highest BCUT2D eigenvalue weighted by molar-refractivity contribution is 9.10. The Kier molecular flexibility index (Phi) is 5.33. The molecule has 1 atom stereocenters. The molecule has 136 valence electrons. The van der Waals surface area contributed by atoms with Crippen molar-refractivity contribution in [1.82, 2.24) is 19.0 Å². The molecule has 10 heteroatoms. The van der Waals surface area contributed by atoms with E-state index in [2.05, 4.69) is 21.0 Å². The van der Waals surface area contributed by atoms with E-state index in [0.29, 0.717) is 30.4 Å². The molecule has 2 aromatic heterocycles. The van der Waals surface area contributed by atoms with Crippen molar-refractivity contribution < 1.29 is 13.2 Å². The number of aromatic nitrogens is 2. The number of hydrogen-bond acceptors (Lipinski definition) is 5. The fraction of sp³-hybridized carbons (Fsp3) is 0.467. The van der Waals surface area contributed by atoms with E-state index < -0.39 is 16.1 Å². The number of carbonyl (C=O) groups is 1. The van der Waals surface area contributed by atoms with E-state index in [1.807, 2.05) is 13.8 Å². The van der Waals surface area contributed by atoms with Crippen molar-refractivity contribution in [3.8, 4) is 0 Å². The van der Waals surface area contributed by atoms with Crippen LogP contribution >= 0.6 is 27.3 Å². The largest absolute Gasteiger partial charge is 0.338 e. The molecule has 1 unspecified atom stereocenters. The number of halogens is 1. The first-order chi connectivity index (χ1) is 11.8. The van der Waals surface area contributed by atoms with E-state index in [1.54, 1.807) is 33.3 Å². The van der Waals surface area contributed by atoms with Gasteiger partial charge in [-0.05, 0) is 41.2 Å². The Morgan fingerprint density at radius 3 is 2.52 bits per heavy atom. The first kappa shape index (κ1) is 18.6. The minimum atomic E-state index is -3.45. The molecule has 1 aliphatic heterocycles. The van der Waals surface area contributed by atoms with Crippen LogP contribution in [0, 0.1) is 6.92 Å². The van der Waals surface area contributed by atoms with Gasteiger partial charge in [-0.2, -0.15) is 9.40 Å². The minimum absolute atomic E-state index is 0.0492. The Labute approximate surface area is 159 Å². The highest BCUT2D eigenvalue weighted by atomic mass is 79.9. The van der Waals surface area contributed by atoms with Crippen LogP contribution in [0.25, 0.3) is 0 Å². The van der Waals surface area contributed by atoms with Crippen LogP contribution in [0.15, 0.2) is 32.4 Å². The maximum atomic E-state index is 12.7. The summed E-state index contributed by atoms with van der Waals surface area (Å²) in [4.78, 5) is 14.4. The molecule has 25 heavy (non-hydrogen) atoms. The van der Waals surface area contributed by atoms with E-state index in [4.69, 9.17) is 0 Å². The number of hydrogen-bond donors (Lipinski definition) is 0. The van der Waals surface area contributed by atoms with Crippen LogP contribution in [0.3, 0.4) is 0 Å². The van der Waals surface area contributed by atoms with Crippen LogP contribution in [0.2, 0.25) is 0 Å². The summed E-state index contributed by atoms with van der Waals surface area (Å²) in [5, 5.41) is 5.99. The van der Waals surface area contributed by atoms with Gasteiger partial charge >= 0.3 is 0 Å². The third-order valence-corrected chi connectivity index (χ3v) is 8.40. The zero-order valence-electron chi connectivity index (χ0n) is 13.9. The number of thiophene rings is 1. The summed E-state index contributed by atoms with van der Waals surface area (Å²) in [5.74, 6) is -0.0492. The van der Waals surface area contributed by atoms with Crippen LogP contribution in [0.1, 0.15) is 18.7 Å². The lowest BCUT2D eigenvalue weighted by molar-refractivity contribution is -0.135. The molecular weight excluding hydrogens is 428 g/mol. The van der Waals surface area contributed by atoms with Crippen molar-refractivity contribution >= 4 is 43.2 Å². The van der Waals surface area contributed by atoms with Gasteiger partial charge < -0.3 is 4.90 Å². The minimum Gasteiger partial charge on any atom is -0.338 e. The molecule has 3 rings (SSSR count). The SMILES string of the molecule is Cc1c(Br)cnn1C(C)C(=O)N1CCN(S(=O)(=O)c2cccs2)CC1. The summed E-state index contributed by atoms with van der Waals surface area (Å²) < 4.78 is 29.4. The summed E-state index contributed by atoms with van der Waals surface area (Å²) in [5.41, 5.74) is 0.889. The summed E-state index contributed by atoms with van der Waals surface area (Å²) in [7, 11) is -3.45. The molecule has 1 fully saturated rings. The van der Waals surface area contributed by atoms with E-state index in [0.717, 1.165) is 10.2 Å². The fourth-order valence-electron chi connectivity index (χ4n) is 2.85. The van der Waals surface area contributed by atoms with Crippen molar-refractivity contribution in [3.05, 3.63) is 33.9 Å². The molecule has 0 bridgehead atoms. The van der Waals surface area contributed by atoms with Gasteiger partial charge in [-0.15, -0.1) is 11.3 Å². The predicted molar refractivity (Wildman–Crippen MR) is 99.0 cm³/mol. The maximum absolute atomic E-state index is 12.7. The summed E-state index contributed by atoms with van der Waals surface area (Å²) in [6.45, 7) is 5.08. The maximum Gasteiger partial charge on any atom is 0.252 e. The van der Waals surface area contributed by atoms with Gasteiger partial charge in [0.1, 0.15) is 10.3 Å². The third-order valence-electron chi connectivity index (χ3n) is 4.35. The van der Waals surface area contributed by atoms with Gasteiger partial charge in [0.05, 0.1) is 16.4 Å². The van der Waals surface area contributed by atoms with Crippen molar-refractivity contribution in [2.75, 3.05) is 26.2 Å². The van der Waals surface area contributed by atoms with E-state index in [9.17, 15) is 13.2 Å². The van der Waals surface area contributed by atoms with Crippen molar-refractivity contribution in [3.63, 3.8) is 0 Å². The zero-order chi connectivity index (χ0) is 18.2. The predicted octanol–water partition coefficient (Wildman–Crippen LogP) is 2.11. The lowest BCUT2D eigenvalue weighted by Gasteiger charge is -2.35. The monoisotopic (exact) mass is 446 g/mol. The molecule has 0 aromatic carbocycles.